The zero-order valence-corrected chi connectivity index (χ0v) is 14.4. The van der Waals surface area contributed by atoms with Crippen LogP contribution < -0.4 is 5.73 Å². The molecule has 5 nitrogen and oxygen atoms in total. The lowest BCUT2D eigenvalue weighted by Crippen LogP contribution is -2.46. The van der Waals surface area contributed by atoms with Crippen LogP contribution in [-0.2, 0) is 5.41 Å². The van der Waals surface area contributed by atoms with Gasteiger partial charge in [-0.1, -0.05) is 49.4 Å². The number of likely N-dealkylation sites (tertiary alicyclic amines) is 1. The molecule has 4 N–H and O–H groups in total. The molecule has 1 fully saturated rings. The summed E-state index contributed by atoms with van der Waals surface area (Å²) in [6.07, 6.45) is 1.97. The third-order valence-corrected chi connectivity index (χ3v) is 4.86. The van der Waals surface area contributed by atoms with Crippen molar-refractivity contribution in [1.82, 2.24) is 4.90 Å². The van der Waals surface area contributed by atoms with E-state index in [1.807, 2.05) is 18.2 Å². The van der Waals surface area contributed by atoms with Crippen molar-refractivity contribution in [2.45, 2.75) is 25.2 Å². The summed E-state index contributed by atoms with van der Waals surface area (Å²) in [6, 6.07) is 16.8. The standard InChI is InChI=1S/C20H23N3O2/c1-20(15-8-3-2-4-9-15)12-7-13-23(14-20)19(25)22-18(21)16-10-5-6-11-17(16)24/h2-6,8-11,24H,7,12-14H2,1H3,(H2,21,22,25)/p+1. The van der Waals surface area contributed by atoms with E-state index in [-0.39, 0.29) is 23.0 Å². The number of aliphatic imine (C=N–C) groups is 1. The second-order valence-corrected chi connectivity index (χ2v) is 6.78. The van der Waals surface area contributed by atoms with E-state index >= 15 is 0 Å². The number of benzene rings is 2. The zero-order chi connectivity index (χ0) is 17.9. The fourth-order valence-electron chi connectivity index (χ4n) is 3.42. The van der Waals surface area contributed by atoms with Crippen LogP contribution in [0.1, 0.15) is 30.9 Å². The largest absolute Gasteiger partial charge is 0.593 e. The van der Waals surface area contributed by atoms with E-state index in [1.165, 1.54) is 5.56 Å². The van der Waals surface area contributed by atoms with Gasteiger partial charge in [0.15, 0.2) is 0 Å². The first-order valence-electron chi connectivity index (χ1n) is 8.49. The summed E-state index contributed by atoms with van der Waals surface area (Å²) < 4.78 is 0. The van der Waals surface area contributed by atoms with Crippen molar-refractivity contribution in [2.24, 2.45) is 10.7 Å². The quantitative estimate of drug-likeness (QED) is 0.519. The second-order valence-electron chi connectivity index (χ2n) is 6.78. The summed E-state index contributed by atoms with van der Waals surface area (Å²) in [7, 11) is 0. The molecule has 0 aliphatic carbocycles. The maximum atomic E-state index is 12.6. The van der Waals surface area contributed by atoms with E-state index < -0.39 is 0 Å². The molecule has 2 aromatic rings. The Morgan fingerprint density at radius 1 is 1.16 bits per heavy atom. The molecule has 1 aliphatic rings. The highest BCUT2D eigenvalue weighted by molar-refractivity contribution is 6.05. The monoisotopic (exact) mass is 338 g/mol. The molecule has 0 saturated carbocycles. The topological polar surface area (TPSA) is 81.6 Å². The van der Waals surface area contributed by atoms with Gasteiger partial charge in [-0.25, -0.2) is 4.79 Å². The van der Waals surface area contributed by atoms with Crippen molar-refractivity contribution in [3.05, 3.63) is 65.7 Å². The lowest BCUT2D eigenvalue weighted by molar-refractivity contribution is 0.164. The van der Waals surface area contributed by atoms with Gasteiger partial charge in [0.2, 0.25) is 0 Å². The Kier molecular flexibility index (Phi) is 4.74. The molecule has 2 amide bonds. The third-order valence-electron chi connectivity index (χ3n) is 4.86. The number of hydrogen-bond acceptors (Lipinski definition) is 1. The van der Waals surface area contributed by atoms with Gasteiger partial charge in [-0.15, -0.1) is 0 Å². The fraction of sp³-hybridized carbons (Fsp3) is 0.300. The highest BCUT2D eigenvalue weighted by Gasteiger charge is 2.34. The van der Waals surface area contributed by atoms with Crippen molar-refractivity contribution in [1.29, 1.82) is 0 Å². The Morgan fingerprint density at radius 2 is 1.84 bits per heavy atom. The average Bonchev–Trinajstić information content (AvgIpc) is 2.63. The van der Waals surface area contributed by atoms with Gasteiger partial charge in [-0.05, 0) is 24.5 Å². The molecule has 1 saturated heterocycles. The summed E-state index contributed by atoms with van der Waals surface area (Å²) in [5, 5.41) is 7.88. The fourth-order valence-corrected chi connectivity index (χ4v) is 3.42. The van der Waals surface area contributed by atoms with E-state index in [2.05, 4.69) is 24.0 Å². The van der Waals surface area contributed by atoms with Crippen LogP contribution in [0.3, 0.4) is 0 Å². The third kappa shape index (κ3) is 3.65. The van der Waals surface area contributed by atoms with Gasteiger partial charge in [0.1, 0.15) is 11.4 Å². The van der Waals surface area contributed by atoms with Crippen molar-refractivity contribution in [2.75, 3.05) is 13.1 Å². The predicted molar refractivity (Wildman–Crippen MR) is 100 cm³/mol. The van der Waals surface area contributed by atoms with E-state index in [0.29, 0.717) is 18.7 Å². The number of amidine groups is 1. The molecule has 1 aliphatic heterocycles. The Labute approximate surface area is 147 Å². The minimum Gasteiger partial charge on any atom is -0.593 e. The number of carbonyl (C=O) groups is 1. The summed E-state index contributed by atoms with van der Waals surface area (Å²) in [4.78, 5) is 18.4. The van der Waals surface area contributed by atoms with Crippen LogP contribution in [0.5, 0.6) is 5.75 Å². The normalized spacial score (nSPS) is 21.2. The number of carbonyl (C=O) groups excluding carboxylic acids is 1. The van der Waals surface area contributed by atoms with Gasteiger partial charge >= 0.3 is 6.03 Å². The molecule has 0 aromatic heterocycles. The summed E-state index contributed by atoms with van der Waals surface area (Å²) in [5.74, 6) is 0.368. The Morgan fingerprint density at radius 3 is 2.56 bits per heavy atom. The lowest BCUT2D eigenvalue weighted by atomic mass is 9.76. The summed E-state index contributed by atoms with van der Waals surface area (Å²) >= 11 is 0. The molecular formula is C20H24N3O2+. The number of nitrogens with zero attached hydrogens (tertiary/aromatic N) is 2. The summed E-state index contributed by atoms with van der Waals surface area (Å²) in [6.45, 7) is 3.49. The van der Waals surface area contributed by atoms with Crippen LogP contribution in [0.2, 0.25) is 0 Å². The maximum Gasteiger partial charge on any atom is 0.345 e. The second kappa shape index (κ2) is 6.97. The number of hydrogen-bond donors (Lipinski definition) is 1. The maximum absolute atomic E-state index is 12.6. The Bertz CT molecular complexity index is 789. The molecular weight excluding hydrogens is 314 g/mol. The molecule has 0 radical (unpaired) electrons. The average molecular weight is 338 g/mol. The molecule has 0 spiro atoms. The van der Waals surface area contributed by atoms with Crippen molar-refractivity contribution >= 4 is 11.9 Å². The van der Waals surface area contributed by atoms with Gasteiger partial charge in [0.05, 0.1) is 0 Å². The predicted octanol–water partition coefficient (Wildman–Crippen LogP) is 3.00. The van der Waals surface area contributed by atoms with Crippen LogP contribution in [0.15, 0.2) is 59.6 Å². The van der Waals surface area contributed by atoms with Crippen LogP contribution in [0, 0.1) is 0 Å². The summed E-state index contributed by atoms with van der Waals surface area (Å²) in [5.41, 5.74) is 7.61. The molecule has 0 bridgehead atoms. The zero-order valence-electron chi connectivity index (χ0n) is 14.4. The van der Waals surface area contributed by atoms with Gasteiger partial charge in [0.25, 0.3) is 5.75 Å². The molecule has 3 rings (SSSR count). The van der Waals surface area contributed by atoms with Gasteiger partial charge in [-0.2, -0.15) is 4.99 Å². The number of amides is 2. The highest BCUT2D eigenvalue weighted by atomic mass is 16.3. The number of rotatable bonds is 2. The molecule has 25 heavy (non-hydrogen) atoms. The Balaban J connectivity index is 1.79. The van der Waals surface area contributed by atoms with Crippen LogP contribution in [-0.4, -0.2) is 35.0 Å². The molecule has 1 atom stereocenters. The van der Waals surface area contributed by atoms with Crippen molar-refractivity contribution in [3.63, 3.8) is 0 Å². The van der Waals surface area contributed by atoms with Crippen molar-refractivity contribution < 1.29 is 9.90 Å². The highest BCUT2D eigenvalue weighted by Crippen LogP contribution is 2.33. The van der Waals surface area contributed by atoms with Crippen LogP contribution >= 0.6 is 0 Å². The van der Waals surface area contributed by atoms with E-state index in [1.54, 1.807) is 29.2 Å². The molecule has 2 aromatic carbocycles. The molecule has 5 heteroatoms. The number of piperidine rings is 1. The van der Waals surface area contributed by atoms with Gasteiger partial charge in [-0.3, -0.25) is 0 Å². The minimum absolute atomic E-state index is 0.0766. The van der Waals surface area contributed by atoms with E-state index in [9.17, 15) is 4.79 Å². The van der Waals surface area contributed by atoms with Gasteiger partial charge < -0.3 is 15.7 Å². The number of nitrogens with two attached hydrogens (primary N) is 1. The molecule has 1 heterocycles. The van der Waals surface area contributed by atoms with E-state index in [4.69, 9.17) is 10.8 Å². The number of urea groups is 1. The Hall–Kier alpha value is -2.82. The SMILES string of the molecule is CC1(c2ccccc2)CCCN(C(=O)/N=C(/N)c2ccccc2[OH2+])C1. The molecule has 1 unspecified atom stereocenters. The number of para-hydroxylation sites is 1. The van der Waals surface area contributed by atoms with Crippen LogP contribution in [0.4, 0.5) is 4.79 Å². The van der Waals surface area contributed by atoms with Crippen LogP contribution in [0.25, 0.3) is 0 Å². The first-order chi connectivity index (χ1) is 12.0. The van der Waals surface area contributed by atoms with Gasteiger partial charge in [0, 0.05) is 24.6 Å². The first kappa shape index (κ1) is 17.0. The molecule has 130 valence electrons. The van der Waals surface area contributed by atoms with E-state index in [0.717, 1.165) is 12.8 Å². The minimum atomic E-state index is -0.331. The smallest absolute Gasteiger partial charge is 0.345 e. The van der Waals surface area contributed by atoms with Crippen molar-refractivity contribution in [3.8, 4) is 5.75 Å². The lowest BCUT2D eigenvalue weighted by Gasteiger charge is -2.40. The first-order valence-corrected chi connectivity index (χ1v) is 8.49.